The minimum atomic E-state index is -4.07. The first kappa shape index (κ1) is 33.6. The standard InChI is InChI=1S/C36H44N4O4S2/c1-4-22-36(3,23-21-34(41)42)25-40-24-10-6-5-7-12-27-13-8-9-14-28(27)35-29(30-19-17-26(2)45-30)18-20-31(37-35)39-46(43,44)33-16-11-15-32(40)38-33/h8-9,11,13-20H,4-7,10,12,21-25H2,1-3H3,(H,37,39)(H,41,42)/t36-/m1/s1. The lowest BCUT2D eigenvalue weighted by atomic mass is 9.80. The van der Waals surface area contributed by atoms with Crippen LogP contribution < -0.4 is 9.62 Å². The van der Waals surface area contributed by atoms with E-state index in [0.29, 0.717) is 25.3 Å². The zero-order valence-corrected chi connectivity index (χ0v) is 28.6. The Labute approximate surface area is 277 Å². The Hall–Kier alpha value is -3.76. The summed E-state index contributed by atoms with van der Waals surface area (Å²) in [4.78, 5) is 25.5. The van der Waals surface area contributed by atoms with Crippen LogP contribution in [0.25, 0.3) is 21.7 Å². The smallest absolute Gasteiger partial charge is 0.303 e. The van der Waals surface area contributed by atoms with Crippen molar-refractivity contribution in [1.82, 2.24) is 9.97 Å². The van der Waals surface area contributed by atoms with Gasteiger partial charge in [-0.3, -0.25) is 9.52 Å². The second-order valence-corrected chi connectivity index (χ2v) is 15.6. The van der Waals surface area contributed by atoms with Gasteiger partial charge in [0, 0.05) is 40.4 Å². The van der Waals surface area contributed by atoms with Gasteiger partial charge in [-0.1, -0.05) is 63.4 Å². The number of benzene rings is 1. The molecular formula is C36H44N4O4S2. The monoisotopic (exact) mass is 660 g/mol. The van der Waals surface area contributed by atoms with Gasteiger partial charge in [0.25, 0.3) is 10.0 Å². The van der Waals surface area contributed by atoms with E-state index >= 15 is 0 Å². The van der Waals surface area contributed by atoms with Gasteiger partial charge < -0.3 is 10.0 Å². The van der Waals surface area contributed by atoms with Crippen molar-refractivity contribution in [2.75, 3.05) is 22.7 Å². The normalized spacial score (nSPS) is 16.5. The number of carboxylic acids is 1. The molecule has 0 aliphatic carbocycles. The first-order chi connectivity index (χ1) is 22.1. The van der Waals surface area contributed by atoms with E-state index in [-0.39, 0.29) is 22.7 Å². The van der Waals surface area contributed by atoms with Gasteiger partial charge in [0.2, 0.25) is 0 Å². The van der Waals surface area contributed by atoms with Crippen LogP contribution in [0.1, 0.15) is 75.7 Å². The molecule has 4 heterocycles. The average Bonchev–Trinajstić information content (AvgIpc) is 3.47. The third-order valence-electron chi connectivity index (χ3n) is 8.71. The van der Waals surface area contributed by atoms with Crippen molar-refractivity contribution < 1.29 is 18.3 Å². The van der Waals surface area contributed by atoms with Crippen molar-refractivity contribution in [3.8, 4) is 21.7 Å². The van der Waals surface area contributed by atoms with Gasteiger partial charge in [-0.2, -0.15) is 8.42 Å². The van der Waals surface area contributed by atoms with Gasteiger partial charge in [-0.25, -0.2) is 9.97 Å². The SMILES string of the molecule is CCC[C@](C)(CCC(=O)O)CN1CCCCCCc2ccccc2-c2nc(ccc2-c2ccc(C)s2)NS(=O)(=O)c2cccc1n2. The third-order valence-corrected chi connectivity index (χ3v) is 11.0. The Morgan fingerprint density at radius 2 is 1.76 bits per heavy atom. The molecule has 1 aliphatic rings. The summed E-state index contributed by atoms with van der Waals surface area (Å²) in [5.41, 5.74) is 3.68. The lowest BCUT2D eigenvalue weighted by Gasteiger charge is -2.36. The molecule has 1 aromatic carbocycles. The fraction of sp³-hybridized carbons (Fsp3) is 0.417. The summed E-state index contributed by atoms with van der Waals surface area (Å²) in [6, 6.07) is 21.2. The van der Waals surface area contributed by atoms with Crippen molar-refractivity contribution in [2.24, 2.45) is 5.41 Å². The molecule has 0 radical (unpaired) electrons. The number of aromatic nitrogens is 2. The van der Waals surface area contributed by atoms with Crippen LogP contribution in [0.4, 0.5) is 11.6 Å². The van der Waals surface area contributed by atoms with E-state index < -0.39 is 16.0 Å². The van der Waals surface area contributed by atoms with Crippen molar-refractivity contribution >= 4 is 39.0 Å². The minimum Gasteiger partial charge on any atom is -0.481 e. The van der Waals surface area contributed by atoms with Crippen LogP contribution in [-0.4, -0.2) is 42.6 Å². The minimum absolute atomic E-state index is 0.0799. The molecule has 0 saturated heterocycles. The van der Waals surface area contributed by atoms with Crippen molar-refractivity contribution in [1.29, 1.82) is 0 Å². The maximum Gasteiger partial charge on any atom is 0.303 e. The number of nitrogens with one attached hydrogen (secondary N) is 1. The molecule has 3 aromatic heterocycles. The third kappa shape index (κ3) is 8.33. The van der Waals surface area contributed by atoms with E-state index in [0.717, 1.165) is 66.6 Å². The first-order valence-corrected chi connectivity index (χ1v) is 18.5. The molecule has 1 atom stereocenters. The number of aryl methyl sites for hydroxylation is 2. The molecule has 8 nitrogen and oxygen atoms in total. The Morgan fingerprint density at radius 3 is 2.52 bits per heavy atom. The molecule has 4 bridgehead atoms. The van der Waals surface area contributed by atoms with Crippen molar-refractivity contribution in [2.45, 2.75) is 83.6 Å². The second kappa shape index (κ2) is 14.8. The van der Waals surface area contributed by atoms with E-state index in [2.05, 4.69) is 65.7 Å². The Morgan fingerprint density at radius 1 is 0.957 bits per heavy atom. The summed E-state index contributed by atoms with van der Waals surface area (Å²) >= 11 is 1.69. The van der Waals surface area contributed by atoms with Gasteiger partial charge in [-0.05, 0) is 86.4 Å². The number of sulfonamides is 1. The predicted octanol–water partition coefficient (Wildman–Crippen LogP) is 8.58. The van der Waals surface area contributed by atoms with Crippen molar-refractivity contribution in [3.63, 3.8) is 0 Å². The molecule has 2 N–H and O–H groups in total. The molecule has 0 unspecified atom stereocenters. The van der Waals surface area contributed by atoms with Gasteiger partial charge in [-0.15, -0.1) is 11.3 Å². The number of aliphatic carboxylic acids is 1. The van der Waals surface area contributed by atoms with Gasteiger partial charge in [0.05, 0.1) is 5.69 Å². The highest BCUT2D eigenvalue weighted by Gasteiger charge is 2.29. The van der Waals surface area contributed by atoms with Crippen LogP contribution in [0.15, 0.2) is 71.8 Å². The molecule has 10 heteroatoms. The topological polar surface area (TPSA) is 112 Å². The summed E-state index contributed by atoms with van der Waals surface area (Å²) < 4.78 is 30.3. The lowest BCUT2D eigenvalue weighted by molar-refractivity contribution is -0.137. The van der Waals surface area contributed by atoms with Crippen LogP contribution in [0.5, 0.6) is 0 Å². The number of carbonyl (C=O) groups is 1. The number of hydrogen-bond acceptors (Lipinski definition) is 7. The van der Waals surface area contributed by atoms with E-state index in [4.69, 9.17) is 4.98 Å². The number of rotatable bonds is 8. The van der Waals surface area contributed by atoms with E-state index in [9.17, 15) is 18.3 Å². The molecule has 0 spiro atoms. The van der Waals surface area contributed by atoms with Gasteiger partial charge in [0.1, 0.15) is 11.6 Å². The molecule has 0 saturated carbocycles. The number of anilines is 2. The molecule has 244 valence electrons. The van der Waals surface area contributed by atoms with Crippen molar-refractivity contribution in [3.05, 3.63) is 77.2 Å². The number of fused-ring (bicyclic) bond motifs is 6. The van der Waals surface area contributed by atoms with E-state index in [1.54, 1.807) is 23.5 Å². The number of hydrogen-bond donors (Lipinski definition) is 2. The molecule has 46 heavy (non-hydrogen) atoms. The quantitative estimate of drug-likeness (QED) is 0.195. The Kier molecular flexibility index (Phi) is 10.8. The highest BCUT2D eigenvalue weighted by molar-refractivity contribution is 7.92. The van der Waals surface area contributed by atoms with Crippen LogP contribution >= 0.6 is 11.3 Å². The largest absolute Gasteiger partial charge is 0.481 e. The summed E-state index contributed by atoms with van der Waals surface area (Å²) in [5.74, 6) is 0.00844. The molecule has 0 amide bonds. The summed E-state index contributed by atoms with van der Waals surface area (Å²) in [6.45, 7) is 7.62. The van der Waals surface area contributed by atoms with Crippen LogP contribution in [-0.2, 0) is 21.2 Å². The number of carboxylic acid groups (broad SMARTS) is 1. The van der Waals surface area contributed by atoms with Gasteiger partial charge >= 0.3 is 5.97 Å². The van der Waals surface area contributed by atoms with Crippen LogP contribution in [0.3, 0.4) is 0 Å². The van der Waals surface area contributed by atoms with Crippen LogP contribution in [0.2, 0.25) is 0 Å². The molecule has 4 aromatic rings. The Bertz CT molecular complexity index is 1770. The zero-order valence-electron chi connectivity index (χ0n) is 27.0. The zero-order chi connectivity index (χ0) is 32.7. The summed E-state index contributed by atoms with van der Waals surface area (Å²) in [5, 5.41) is 9.34. The lowest BCUT2D eigenvalue weighted by Crippen LogP contribution is -2.38. The van der Waals surface area contributed by atoms with Crippen LogP contribution in [0, 0.1) is 12.3 Å². The highest BCUT2D eigenvalue weighted by Crippen LogP contribution is 2.38. The molecule has 5 rings (SSSR count). The fourth-order valence-corrected chi connectivity index (χ4v) is 8.25. The summed E-state index contributed by atoms with van der Waals surface area (Å²) in [7, 11) is -4.07. The maximum atomic E-state index is 13.8. The Balaban J connectivity index is 1.55. The highest BCUT2D eigenvalue weighted by atomic mass is 32.2. The summed E-state index contributed by atoms with van der Waals surface area (Å²) in [6.07, 6.45) is 7.35. The predicted molar refractivity (Wildman–Crippen MR) is 187 cm³/mol. The maximum absolute atomic E-state index is 13.8. The van der Waals surface area contributed by atoms with E-state index in [1.165, 1.54) is 16.5 Å². The fourth-order valence-electron chi connectivity index (χ4n) is 6.39. The average molecular weight is 661 g/mol. The number of thiophene rings is 1. The van der Waals surface area contributed by atoms with E-state index in [1.807, 2.05) is 18.2 Å². The number of nitrogens with zero attached hydrogens (tertiary/aromatic N) is 3. The number of pyridine rings is 2. The second-order valence-electron chi connectivity index (χ2n) is 12.6. The molecule has 0 fully saturated rings. The molecule has 1 aliphatic heterocycles. The van der Waals surface area contributed by atoms with Gasteiger partial charge in [0.15, 0.2) is 5.03 Å². The first-order valence-electron chi connectivity index (χ1n) is 16.2. The molecular weight excluding hydrogens is 617 g/mol.